The Balaban J connectivity index is 1.30. The van der Waals surface area contributed by atoms with Crippen LogP contribution in [0.2, 0.25) is 0 Å². The summed E-state index contributed by atoms with van der Waals surface area (Å²) >= 11 is 1.67. The number of carbonyl (C=O) groups is 1. The van der Waals surface area contributed by atoms with E-state index in [1.807, 2.05) is 36.4 Å². The monoisotopic (exact) mass is 340 g/mol. The molecule has 0 spiro atoms. The fourth-order valence-corrected chi connectivity index (χ4v) is 3.60. The van der Waals surface area contributed by atoms with Crippen LogP contribution >= 0.6 is 11.3 Å². The van der Waals surface area contributed by atoms with Crippen molar-refractivity contribution < 1.29 is 14.3 Å². The first-order valence-electron chi connectivity index (χ1n) is 7.77. The van der Waals surface area contributed by atoms with Crippen LogP contribution in [0.25, 0.3) is 10.2 Å². The van der Waals surface area contributed by atoms with Gasteiger partial charge in [-0.05, 0) is 29.8 Å². The number of nitrogens with zero attached hydrogens (tertiary/aromatic N) is 1. The van der Waals surface area contributed by atoms with Gasteiger partial charge in [0.15, 0.2) is 11.5 Å². The van der Waals surface area contributed by atoms with E-state index in [1.54, 1.807) is 11.3 Å². The molecule has 0 saturated carbocycles. The molecule has 1 aliphatic rings. The average molecular weight is 340 g/mol. The fourth-order valence-electron chi connectivity index (χ4n) is 2.63. The topological polar surface area (TPSA) is 60.5 Å². The molecule has 0 fully saturated rings. The molecule has 4 rings (SSSR count). The van der Waals surface area contributed by atoms with Gasteiger partial charge >= 0.3 is 0 Å². The van der Waals surface area contributed by atoms with Crippen molar-refractivity contribution in [1.82, 2.24) is 10.3 Å². The fraction of sp³-hybridized carbons (Fsp3) is 0.222. The predicted octanol–water partition coefficient (Wildman–Crippen LogP) is 2.93. The summed E-state index contributed by atoms with van der Waals surface area (Å²) < 4.78 is 11.8. The molecular formula is C18H16N2O3S. The molecule has 5 nitrogen and oxygen atoms in total. The van der Waals surface area contributed by atoms with Crippen molar-refractivity contribution in [2.24, 2.45) is 0 Å². The number of nitrogens with one attached hydrogen (secondary N) is 1. The van der Waals surface area contributed by atoms with E-state index in [1.165, 1.54) is 4.70 Å². The second-order valence-corrected chi connectivity index (χ2v) is 6.65. The molecule has 0 saturated heterocycles. The van der Waals surface area contributed by atoms with Crippen molar-refractivity contribution in [3.8, 4) is 11.5 Å². The van der Waals surface area contributed by atoms with Crippen molar-refractivity contribution in [3.63, 3.8) is 0 Å². The molecule has 0 unspecified atom stereocenters. The van der Waals surface area contributed by atoms with E-state index in [-0.39, 0.29) is 12.7 Å². The molecule has 2 heterocycles. The zero-order valence-electron chi connectivity index (χ0n) is 13.0. The Morgan fingerprint density at radius 1 is 1.17 bits per heavy atom. The van der Waals surface area contributed by atoms with Crippen LogP contribution in [0.15, 0.2) is 42.5 Å². The minimum atomic E-state index is -0.00465. The highest BCUT2D eigenvalue weighted by Crippen LogP contribution is 2.32. The standard InChI is InChI=1S/C18H16N2O3S/c21-17(10-12-5-6-14-15(9-12)23-11-22-14)19-8-7-18-20-13-3-1-2-4-16(13)24-18/h1-6,9H,7-8,10-11H2,(H,19,21). The summed E-state index contributed by atoms with van der Waals surface area (Å²) in [5.74, 6) is 1.43. The number of hydrogen-bond donors (Lipinski definition) is 1. The van der Waals surface area contributed by atoms with E-state index in [0.29, 0.717) is 18.7 Å². The number of para-hydroxylation sites is 1. The van der Waals surface area contributed by atoms with Crippen LogP contribution in [0, 0.1) is 0 Å². The van der Waals surface area contributed by atoms with Gasteiger partial charge in [-0.15, -0.1) is 11.3 Å². The van der Waals surface area contributed by atoms with Crippen LogP contribution in [0.3, 0.4) is 0 Å². The molecular weight excluding hydrogens is 324 g/mol. The Morgan fingerprint density at radius 3 is 2.96 bits per heavy atom. The molecule has 0 bridgehead atoms. The Hall–Kier alpha value is -2.60. The number of carbonyl (C=O) groups excluding carboxylic acids is 1. The van der Waals surface area contributed by atoms with Gasteiger partial charge in [0.25, 0.3) is 0 Å². The summed E-state index contributed by atoms with van der Waals surface area (Å²) in [5, 5.41) is 3.99. The van der Waals surface area contributed by atoms with Crippen LogP contribution in [-0.4, -0.2) is 24.2 Å². The summed E-state index contributed by atoms with van der Waals surface area (Å²) in [6.45, 7) is 0.830. The molecule has 1 aromatic heterocycles. The van der Waals surface area contributed by atoms with E-state index in [2.05, 4.69) is 16.4 Å². The van der Waals surface area contributed by atoms with Gasteiger partial charge in [-0.1, -0.05) is 18.2 Å². The van der Waals surface area contributed by atoms with Crippen molar-refractivity contribution in [1.29, 1.82) is 0 Å². The first kappa shape index (κ1) is 15.0. The van der Waals surface area contributed by atoms with Gasteiger partial charge in [-0.25, -0.2) is 4.98 Å². The van der Waals surface area contributed by atoms with Crippen LogP contribution in [0.5, 0.6) is 11.5 Å². The molecule has 1 amide bonds. The summed E-state index contributed by atoms with van der Waals surface area (Å²) in [4.78, 5) is 16.6. The Kier molecular flexibility index (Phi) is 4.04. The molecule has 6 heteroatoms. The van der Waals surface area contributed by atoms with Gasteiger partial charge < -0.3 is 14.8 Å². The van der Waals surface area contributed by atoms with Gasteiger partial charge in [0, 0.05) is 13.0 Å². The third-order valence-electron chi connectivity index (χ3n) is 3.80. The largest absolute Gasteiger partial charge is 0.454 e. The van der Waals surface area contributed by atoms with Crippen LogP contribution in [-0.2, 0) is 17.6 Å². The Morgan fingerprint density at radius 2 is 2.04 bits per heavy atom. The number of thiazole rings is 1. The van der Waals surface area contributed by atoms with Crippen molar-refractivity contribution in [3.05, 3.63) is 53.0 Å². The molecule has 0 aliphatic carbocycles. The minimum absolute atomic E-state index is 0.00465. The van der Waals surface area contributed by atoms with Crippen LogP contribution in [0.1, 0.15) is 10.6 Å². The number of fused-ring (bicyclic) bond motifs is 2. The molecule has 3 aromatic rings. The van der Waals surface area contributed by atoms with Crippen molar-refractivity contribution >= 4 is 27.5 Å². The SMILES string of the molecule is O=C(Cc1ccc2c(c1)OCO2)NCCc1nc2ccccc2s1. The maximum Gasteiger partial charge on any atom is 0.231 e. The molecule has 1 N–H and O–H groups in total. The van der Waals surface area contributed by atoms with Crippen LogP contribution in [0.4, 0.5) is 0 Å². The van der Waals surface area contributed by atoms with E-state index >= 15 is 0 Å². The second-order valence-electron chi connectivity index (χ2n) is 5.54. The molecule has 0 radical (unpaired) electrons. The Bertz CT molecular complexity index is 858. The van der Waals surface area contributed by atoms with Gasteiger partial charge in [0.2, 0.25) is 12.7 Å². The number of benzene rings is 2. The maximum atomic E-state index is 12.1. The first-order valence-corrected chi connectivity index (χ1v) is 8.59. The third kappa shape index (κ3) is 3.19. The van der Waals surface area contributed by atoms with Gasteiger partial charge in [0.05, 0.1) is 21.6 Å². The quantitative estimate of drug-likeness (QED) is 0.776. The number of ether oxygens (including phenoxy) is 2. The molecule has 0 atom stereocenters. The average Bonchev–Trinajstić information content (AvgIpc) is 3.20. The summed E-state index contributed by atoms with van der Waals surface area (Å²) in [6, 6.07) is 13.7. The summed E-state index contributed by atoms with van der Waals surface area (Å²) in [5.41, 5.74) is 1.93. The highest BCUT2D eigenvalue weighted by molar-refractivity contribution is 7.18. The van der Waals surface area contributed by atoms with Crippen LogP contribution < -0.4 is 14.8 Å². The number of amides is 1. The predicted molar refractivity (Wildman–Crippen MR) is 92.6 cm³/mol. The maximum absolute atomic E-state index is 12.1. The van der Waals surface area contributed by atoms with Gasteiger partial charge in [-0.2, -0.15) is 0 Å². The highest BCUT2D eigenvalue weighted by Gasteiger charge is 2.14. The molecule has 1 aliphatic heterocycles. The molecule has 2 aromatic carbocycles. The lowest BCUT2D eigenvalue weighted by Crippen LogP contribution is -2.27. The lowest BCUT2D eigenvalue weighted by molar-refractivity contribution is -0.120. The van der Waals surface area contributed by atoms with Gasteiger partial charge in [0.1, 0.15) is 0 Å². The molecule has 24 heavy (non-hydrogen) atoms. The zero-order chi connectivity index (χ0) is 16.4. The van der Waals surface area contributed by atoms with E-state index < -0.39 is 0 Å². The lowest BCUT2D eigenvalue weighted by atomic mass is 10.1. The lowest BCUT2D eigenvalue weighted by Gasteiger charge is -2.05. The number of aromatic nitrogens is 1. The van der Waals surface area contributed by atoms with Crippen molar-refractivity contribution in [2.75, 3.05) is 13.3 Å². The minimum Gasteiger partial charge on any atom is -0.454 e. The Labute approximate surface area is 143 Å². The third-order valence-corrected chi connectivity index (χ3v) is 4.90. The van der Waals surface area contributed by atoms with Crippen molar-refractivity contribution in [2.45, 2.75) is 12.8 Å². The summed E-state index contributed by atoms with van der Waals surface area (Å²) in [6.07, 6.45) is 1.07. The number of rotatable bonds is 5. The zero-order valence-corrected chi connectivity index (χ0v) is 13.8. The highest BCUT2D eigenvalue weighted by atomic mass is 32.1. The summed E-state index contributed by atoms with van der Waals surface area (Å²) in [7, 11) is 0. The number of hydrogen-bond acceptors (Lipinski definition) is 5. The second kappa shape index (κ2) is 6.49. The van der Waals surface area contributed by atoms with E-state index in [9.17, 15) is 4.79 Å². The van der Waals surface area contributed by atoms with E-state index in [0.717, 1.165) is 28.3 Å². The first-order chi connectivity index (χ1) is 11.8. The van der Waals surface area contributed by atoms with Gasteiger partial charge in [-0.3, -0.25) is 4.79 Å². The smallest absolute Gasteiger partial charge is 0.231 e. The normalized spacial score (nSPS) is 12.5. The molecule has 122 valence electrons. The van der Waals surface area contributed by atoms with E-state index in [4.69, 9.17) is 9.47 Å².